The fourth-order valence-electron chi connectivity index (χ4n) is 2.44. The molecule has 3 rings (SSSR count). The van der Waals surface area contributed by atoms with Gasteiger partial charge in [-0.3, -0.25) is 4.79 Å². The molecule has 2 heterocycles. The number of halogens is 3. The van der Waals surface area contributed by atoms with E-state index in [1.54, 1.807) is 6.07 Å². The van der Waals surface area contributed by atoms with Gasteiger partial charge in [-0.25, -0.2) is 4.98 Å². The molecule has 0 atom stereocenters. The van der Waals surface area contributed by atoms with Crippen molar-refractivity contribution in [1.29, 1.82) is 0 Å². The summed E-state index contributed by atoms with van der Waals surface area (Å²) in [4.78, 5) is 19.2. The summed E-state index contributed by atoms with van der Waals surface area (Å²) in [6.45, 7) is 4.16. The summed E-state index contributed by atoms with van der Waals surface area (Å²) in [5.74, 6) is 0.393. The maximum atomic E-state index is 12.0. The highest BCUT2D eigenvalue weighted by atomic mass is 79.9. The number of rotatable bonds is 4. The van der Waals surface area contributed by atoms with Gasteiger partial charge in [0.2, 0.25) is 5.89 Å². The highest BCUT2D eigenvalue weighted by molar-refractivity contribution is 9.10. The van der Waals surface area contributed by atoms with Gasteiger partial charge in [0.1, 0.15) is 11.2 Å². The standard InChI is InChI=1S/C16H14BrCl2N3O2/c1-3-8-4-11(16(23)21-7(8)2)20-6-12-22-14-13(19)9(17)5-10(18)15(14)24-12/h4-5,20H,3,6H2,1-2H3,(H,21,23). The lowest BCUT2D eigenvalue weighted by atomic mass is 10.1. The Hall–Kier alpha value is -1.50. The van der Waals surface area contributed by atoms with Crippen LogP contribution in [0.2, 0.25) is 10.0 Å². The SMILES string of the molecule is CCc1cc(NCc2nc3c(Cl)c(Br)cc(Cl)c3o2)c(=O)[nH]c1C. The van der Waals surface area contributed by atoms with Crippen LogP contribution in [0.1, 0.15) is 24.1 Å². The topological polar surface area (TPSA) is 70.9 Å². The van der Waals surface area contributed by atoms with E-state index in [2.05, 4.69) is 31.2 Å². The molecular formula is C16H14BrCl2N3O2. The Kier molecular flexibility index (Phi) is 4.90. The molecule has 1 aromatic carbocycles. The van der Waals surface area contributed by atoms with Gasteiger partial charge in [0.25, 0.3) is 5.56 Å². The second-order valence-electron chi connectivity index (χ2n) is 5.31. The molecule has 2 N–H and O–H groups in total. The van der Waals surface area contributed by atoms with E-state index in [0.29, 0.717) is 37.2 Å². The van der Waals surface area contributed by atoms with Crippen molar-refractivity contribution in [3.8, 4) is 0 Å². The molecular weight excluding hydrogens is 417 g/mol. The van der Waals surface area contributed by atoms with Gasteiger partial charge in [-0.2, -0.15) is 0 Å². The van der Waals surface area contributed by atoms with Crippen LogP contribution in [-0.2, 0) is 13.0 Å². The van der Waals surface area contributed by atoms with E-state index in [1.807, 2.05) is 19.9 Å². The lowest BCUT2D eigenvalue weighted by Crippen LogP contribution is -2.16. The first kappa shape index (κ1) is 17.3. The molecule has 0 radical (unpaired) electrons. The minimum absolute atomic E-state index is 0.181. The van der Waals surface area contributed by atoms with Crippen LogP contribution >= 0.6 is 39.1 Å². The first-order valence-electron chi connectivity index (χ1n) is 7.30. The summed E-state index contributed by atoms with van der Waals surface area (Å²) < 4.78 is 6.30. The molecule has 0 amide bonds. The van der Waals surface area contributed by atoms with Crippen LogP contribution in [0.3, 0.4) is 0 Å². The molecule has 0 unspecified atom stereocenters. The van der Waals surface area contributed by atoms with Crippen LogP contribution in [0.15, 0.2) is 25.8 Å². The summed E-state index contributed by atoms with van der Waals surface area (Å²) in [5, 5.41) is 3.90. The number of benzene rings is 1. The first-order valence-corrected chi connectivity index (χ1v) is 8.85. The average molecular weight is 431 g/mol. The number of fused-ring (bicyclic) bond motifs is 1. The normalized spacial score (nSPS) is 11.2. The van der Waals surface area contributed by atoms with Crippen molar-refractivity contribution < 1.29 is 4.42 Å². The van der Waals surface area contributed by atoms with Crippen molar-refractivity contribution in [2.45, 2.75) is 26.8 Å². The van der Waals surface area contributed by atoms with E-state index in [9.17, 15) is 4.79 Å². The number of hydrogen-bond acceptors (Lipinski definition) is 4. The largest absolute Gasteiger partial charge is 0.437 e. The smallest absolute Gasteiger partial charge is 0.271 e. The molecule has 24 heavy (non-hydrogen) atoms. The quantitative estimate of drug-likeness (QED) is 0.567. The van der Waals surface area contributed by atoms with Crippen molar-refractivity contribution in [3.05, 3.63) is 54.2 Å². The Morgan fingerprint density at radius 1 is 1.38 bits per heavy atom. The zero-order valence-corrected chi connectivity index (χ0v) is 16.1. The zero-order chi connectivity index (χ0) is 17.4. The predicted octanol–water partition coefficient (Wildman–Crippen LogP) is 5.07. The first-order chi connectivity index (χ1) is 11.4. The number of pyridine rings is 1. The Bertz CT molecular complexity index is 982. The number of hydrogen-bond donors (Lipinski definition) is 2. The van der Waals surface area contributed by atoms with Crippen molar-refractivity contribution in [1.82, 2.24) is 9.97 Å². The highest BCUT2D eigenvalue weighted by Gasteiger charge is 2.16. The van der Waals surface area contributed by atoms with Gasteiger partial charge in [-0.05, 0) is 47.0 Å². The van der Waals surface area contributed by atoms with Gasteiger partial charge >= 0.3 is 0 Å². The van der Waals surface area contributed by atoms with Crippen molar-refractivity contribution in [3.63, 3.8) is 0 Å². The molecule has 8 heteroatoms. The number of oxazole rings is 1. The molecule has 0 saturated heterocycles. The van der Waals surface area contributed by atoms with Gasteiger partial charge in [0.05, 0.1) is 16.6 Å². The molecule has 0 spiro atoms. The molecule has 0 aliphatic rings. The molecule has 0 saturated carbocycles. The third kappa shape index (κ3) is 3.18. The van der Waals surface area contributed by atoms with Crippen LogP contribution in [0.25, 0.3) is 11.1 Å². The molecule has 0 aliphatic heterocycles. The van der Waals surface area contributed by atoms with E-state index in [0.717, 1.165) is 17.7 Å². The number of nitrogens with zero attached hydrogens (tertiary/aromatic N) is 1. The third-order valence-electron chi connectivity index (χ3n) is 3.72. The fourth-order valence-corrected chi connectivity index (χ4v) is 3.41. The number of H-pyrrole nitrogens is 1. The molecule has 2 aromatic heterocycles. The van der Waals surface area contributed by atoms with Crippen molar-refractivity contribution in [2.24, 2.45) is 0 Å². The second-order valence-corrected chi connectivity index (χ2v) is 6.95. The Balaban J connectivity index is 1.90. The number of anilines is 1. The molecule has 0 bridgehead atoms. The summed E-state index contributed by atoms with van der Waals surface area (Å²) in [7, 11) is 0. The monoisotopic (exact) mass is 429 g/mol. The van der Waals surface area contributed by atoms with Crippen LogP contribution < -0.4 is 10.9 Å². The zero-order valence-electron chi connectivity index (χ0n) is 13.0. The predicted molar refractivity (Wildman–Crippen MR) is 100 cm³/mol. The number of nitrogens with one attached hydrogen (secondary N) is 2. The number of aromatic nitrogens is 2. The van der Waals surface area contributed by atoms with E-state index in [4.69, 9.17) is 27.6 Å². The van der Waals surface area contributed by atoms with Crippen LogP contribution in [0.4, 0.5) is 5.69 Å². The Labute approximate surface area is 156 Å². The molecule has 0 aliphatic carbocycles. The summed E-state index contributed by atoms with van der Waals surface area (Å²) in [6, 6.07) is 3.50. The maximum Gasteiger partial charge on any atom is 0.271 e. The van der Waals surface area contributed by atoms with Gasteiger partial charge in [0.15, 0.2) is 5.58 Å². The minimum Gasteiger partial charge on any atom is -0.437 e. The van der Waals surface area contributed by atoms with Crippen LogP contribution in [-0.4, -0.2) is 9.97 Å². The molecule has 3 aromatic rings. The van der Waals surface area contributed by atoms with Gasteiger partial charge < -0.3 is 14.7 Å². The molecule has 126 valence electrons. The van der Waals surface area contributed by atoms with Gasteiger partial charge in [-0.1, -0.05) is 30.1 Å². The second kappa shape index (κ2) is 6.78. The van der Waals surface area contributed by atoms with E-state index >= 15 is 0 Å². The van der Waals surface area contributed by atoms with Crippen LogP contribution in [0.5, 0.6) is 0 Å². The lowest BCUT2D eigenvalue weighted by Gasteiger charge is -2.07. The summed E-state index contributed by atoms with van der Waals surface area (Å²) in [5.41, 5.74) is 3.15. The Morgan fingerprint density at radius 3 is 2.83 bits per heavy atom. The molecule has 5 nitrogen and oxygen atoms in total. The van der Waals surface area contributed by atoms with Crippen LogP contribution in [0, 0.1) is 6.92 Å². The fraction of sp³-hybridized carbons (Fsp3) is 0.250. The minimum atomic E-state index is -0.181. The van der Waals surface area contributed by atoms with Gasteiger partial charge in [0, 0.05) is 10.2 Å². The highest BCUT2D eigenvalue weighted by Crippen LogP contribution is 2.36. The number of aryl methyl sites for hydroxylation is 2. The average Bonchev–Trinajstić information content (AvgIpc) is 2.97. The van der Waals surface area contributed by atoms with E-state index < -0.39 is 0 Å². The lowest BCUT2D eigenvalue weighted by molar-refractivity contribution is 0.540. The van der Waals surface area contributed by atoms with Crippen molar-refractivity contribution in [2.75, 3.05) is 5.32 Å². The molecule has 0 fully saturated rings. The van der Waals surface area contributed by atoms with Gasteiger partial charge in [-0.15, -0.1) is 0 Å². The summed E-state index contributed by atoms with van der Waals surface area (Å²) in [6.07, 6.45) is 0.833. The maximum absolute atomic E-state index is 12.0. The summed E-state index contributed by atoms with van der Waals surface area (Å²) >= 11 is 15.7. The Morgan fingerprint density at radius 2 is 2.12 bits per heavy atom. The van der Waals surface area contributed by atoms with Crippen molar-refractivity contribution >= 4 is 55.9 Å². The van der Waals surface area contributed by atoms with E-state index in [-0.39, 0.29) is 12.1 Å². The third-order valence-corrected chi connectivity index (χ3v) is 5.23. The number of aromatic amines is 1. The van der Waals surface area contributed by atoms with E-state index in [1.165, 1.54) is 0 Å².